The van der Waals surface area contributed by atoms with Gasteiger partial charge >= 0.3 is 0 Å². The number of hydrogen-bond acceptors (Lipinski definition) is 4. The summed E-state index contributed by atoms with van der Waals surface area (Å²) in [4.78, 5) is 31.8. The first-order valence-corrected chi connectivity index (χ1v) is 9.59. The lowest BCUT2D eigenvalue weighted by atomic mass is 10.2. The molecule has 130 valence electrons. The van der Waals surface area contributed by atoms with Crippen molar-refractivity contribution in [1.29, 1.82) is 0 Å². The van der Waals surface area contributed by atoms with E-state index in [4.69, 9.17) is 0 Å². The Morgan fingerprint density at radius 2 is 2.04 bits per heavy atom. The summed E-state index contributed by atoms with van der Waals surface area (Å²) in [7, 11) is 0. The lowest BCUT2D eigenvalue weighted by Gasteiger charge is -2.17. The second-order valence-electron chi connectivity index (χ2n) is 5.79. The van der Waals surface area contributed by atoms with Crippen molar-refractivity contribution < 1.29 is 4.79 Å². The molecule has 25 heavy (non-hydrogen) atoms. The Balaban J connectivity index is 1.95. The molecule has 0 radical (unpaired) electrons. The van der Waals surface area contributed by atoms with Gasteiger partial charge in [-0.3, -0.25) is 14.2 Å². The molecule has 0 spiro atoms. The van der Waals surface area contributed by atoms with E-state index in [9.17, 15) is 9.59 Å². The van der Waals surface area contributed by atoms with Crippen LogP contribution in [0, 0.1) is 6.92 Å². The van der Waals surface area contributed by atoms with Gasteiger partial charge in [-0.1, -0.05) is 22.9 Å². The van der Waals surface area contributed by atoms with Crippen molar-refractivity contribution >= 4 is 49.1 Å². The predicted octanol–water partition coefficient (Wildman–Crippen LogP) is 4.29. The van der Waals surface area contributed by atoms with Crippen molar-refractivity contribution in [3.8, 4) is 0 Å². The number of anilines is 1. The summed E-state index contributed by atoms with van der Waals surface area (Å²) in [5, 5.41) is 3.42. The predicted molar refractivity (Wildman–Crippen MR) is 105 cm³/mol. The lowest BCUT2D eigenvalue weighted by molar-refractivity contribution is -0.118. The molecule has 0 bridgehead atoms. The molecule has 3 rings (SSSR count). The van der Waals surface area contributed by atoms with Gasteiger partial charge in [0.25, 0.3) is 5.56 Å². The Morgan fingerprint density at radius 3 is 2.68 bits per heavy atom. The number of benzene rings is 1. The van der Waals surface area contributed by atoms with E-state index in [-0.39, 0.29) is 11.5 Å². The highest BCUT2D eigenvalue weighted by atomic mass is 79.9. The van der Waals surface area contributed by atoms with Gasteiger partial charge in [-0.2, -0.15) is 0 Å². The zero-order valence-corrected chi connectivity index (χ0v) is 16.6. The van der Waals surface area contributed by atoms with E-state index >= 15 is 0 Å². The lowest BCUT2D eigenvalue weighted by Crippen LogP contribution is -2.33. The zero-order chi connectivity index (χ0) is 18.1. The second kappa shape index (κ2) is 7.09. The van der Waals surface area contributed by atoms with E-state index in [1.54, 1.807) is 26.0 Å². The number of nitrogens with one attached hydrogen (secondary N) is 1. The normalized spacial score (nSPS) is 12.3. The minimum absolute atomic E-state index is 0.170. The molecule has 3 aromatic rings. The first kappa shape index (κ1) is 17.8. The Labute approximate surface area is 157 Å². The van der Waals surface area contributed by atoms with Gasteiger partial charge in [0.15, 0.2) is 0 Å². The van der Waals surface area contributed by atoms with Crippen LogP contribution in [-0.2, 0) is 11.2 Å². The summed E-state index contributed by atoms with van der Waals surface area (Å²) in [5.74, 6) is 0.292. The molecule has 7 heteroatoms. The highest BCUT2D eigenvalue weighted by Crippen LogP contribution is 2.23. The molecule has 2 heterocycles. The maximum atomic E-state index is 12.9. The number of hydrogen-bond donors (Lipinski definition) is 1. The fourth-order valence-corrected chi connectivity index (χ4v) is 3.94. The third-order valence-corrected chi connectivity index (χ3v) is 5.75. The number of aromatic nitrogens is 2. The van der Waals surface area contributed by atoms with Crippen LogP contribution >= 0.6 is 27.3 Å². The number of amides is 1. The Kier molecular flexibility index (Phi) is 5.06. The molecule has 1 amide bonds. The van der Waals surface area contributed by atoms with E-state index in [2.05, 4.69) is 26.2 Å². The van der Waals surface area contributed by atoms with Crippen molar-refractivity contribution in [2.24, 2.45) is 0 Å². The fraction of sp³-hybridized carbons (Fsp3) is 0.278. The molecule has 1 unspecified atom stereocenters. The summed E-state index contributed by atoms with van der Waals surface area (Å²) in [6.07, 6.45) is 0.860. The van der Waals surface area contributed by atoms with Crippen LogP contribution in [-0.4, -0.2) is 15.5 Å². The molecule has 2 aromatic heterocycles. The van der Waals surface area contributed by atoms with Crippen LogP contribution in [0.25, 0.3) is 10.2 Å². The standard InChI is InChI=1S/C18H18BrN3O2S/c1-4-14-9-15-17(25-14)20-11(3)22(18(15)24)10(2)16(23)21-13-7-5-12(19)6-8-13/h5-10H,4H2,1-3H3,(H,21,23). The number of halogens is 1. The first-order chi connectivity index (χ1) is 11.9. The largest absolute Gasteiger partial charge is 0.324 e. The third-order valence-electron chi connectivity index (χ3n) is 4.05. The third kappa shape index (κ3) is 3.52. The van der Waals surface area contributed by atoms with Crippen LogP contribution in [0.1, 0.15) is 30.6 Å². The van der Waals surface area contributed by atoms with Crippen LogP contribution in [0.3, 0.4) is 0 Å². The summed E-state index contributed by atoms with van der Waals surface area (Å²) in [5.41, 5.74) is 0.514. The Hall–Kier alpha value is -1.99. The summed E-state index contributed by atoms with van der Waals surface area (Å²) < 4.78 is 2.40. The molecular weight excluding hydrogens is 402 g/mol. The van der Waals surface area contributed by atoms with Crippen LogP contribution in [0.15, 0.2) is 39.6 Å². The minimum Gasteiger partial charge on any atom is -0.324 e. The number of carbonyl (C=O) groups excluding carboxylic acids is 1. The van der Waals surface area contributed by atoms with Crippen LogP contribution in [0.2, 0.25) is 0 Å². The maximum Gasteiger partial charge on any atom is 0.263 e. The van der Waals surface area contributed by atoms with Crippen LogP contribution < -0.4 is 10.9 Å². The molecule has 0 saturated heterocycles. The first-order valence-electron chi connectivity index (χ1n) is 7.98. The molecular formula is C18H18BrN3O2S. The van der Waals surface area contributed by atoms with Gasteiger partial charge in [-0.05, 0) is 50.6 Å². The average molecular weight is 420 g/mol. The van der Waals surface area contributed by atoms with Gasteiger partial charge in [-0.25, -0.2) is 4.98 Å². The van der Waals surface area contributed by atoms with Crippen molar-refractivity contribution in [2.75, 3.05) is 5.32 Å². The van der Waals surface area contributed by atoms with Gasteiger partial charge in [0.1, 0.15) is 16.7 Å². The van der Waals surface area contributed by atoms with Crippen LogP contribution in [0.5, 0.6) is 0 Å². The van der Waals surface area contributed by atoms with Crippen molar-refractivity contribution in [2.45, 2.75) is 33.2 Å². The molecule has 0 aliphatic heterocycles. The zero-order valence-electron chi connectivity index (χ0n) is 14.2. The number of aryl methyl sites for hydroxylation is 2. The molecule has 5 nitrogen and oxygen atoms in total. The SMILES string of the molecule is CCc1cc2c(=O)n(C(C)C(=O)Nc3ccc(Br)cc3)c(C)nc2s1. The van der Waals surface area contributed by atoms with E-state index in [0.717, 1.165) is 20.6 Å². The highest BCUT2D eigenvalue weighted by Gasteiger charge is 2.21. The van der Waals surface area contributed by atoms with Gasteiger partial charge in [0, 0.05) is 15.0 Å². The van der Waals surface area contributed by atoms with Gasteiger partial charge in [-0.15, -0.1) is 11.3 Å². The fourth-order valence-electron chi connectivity index (χ4n) is 2.67. The van der Waals surface area contributed by atoms with Crippen LogP contribution in [0.4, 0.5) is 5.69 Å². The van der Waals surface area contributed by atoms with Gasteiger partial charge in [0.2, 0.25) is 5.91 Å². The van der Waals surface area contributed by atoms with Crippen molar-refractivity contribution in [1.82, 2.24) is 9.55 Å². The Bertz CT molecular complexity index is 992. The second-order valence-corrected chi connectivity index (χ2v) is 7.82. The number of fused-ring (bicyclic) bond motifs is 1. The highest BCUT2D eigenvalue weighted by molar-refractivity contribution is 9.10. The molecule has 0 saturated carbocycles. The quantitative estimate of drug-likeness (QED) is 0.685. The Morgan fingerprint density at radius 1 is 1.36 bits per heavy atom. The maximum absolute atomic E-state index is 12.9. The topological polar surface area (TPSA) is 64.0 Å². The summed E-state index contributed by atoms with van der Waals surface area (Å²) in [6.45, 7) is 5.52. The molecule has 1 N–H and O–H groups in total. The number of carbonyl (C=O) groups is 1. The van der Waals surface area contributed by atoms with E-state index < -0.39 is 6.04 Å². The average Bonchev–Trinajstić information content (AvgIpc) is 3.00. The number of nitrogens with zero attached hydrogens (tertiary/aromatic N) is 2. The van der Waals surface area contributed by atoms with Gasteiger partial charge in [0.05, 0.1) is 5.39 Å². The minimum atomic E-state index is -0.655. The van der Waals surface area contributed by atoms with E-state index in [0.29, 0.717) is 16.9 Å². The van der Waals surface area contributed by atoms with Gasteiger partial charge < -0.3 is 5.32 Å². The van der Waals surface area contributed by atoms with Crippen molar-refractivity contribution in [3.63, 3.8) is 0 Å². The molecule has 0 aliphatic rings. The monoisotopic (exact) mass is 419 g/mol. The summed E-state index contributed by atoms with van der Waals surface area (Å²) >= 11 is 4.89. The number of rotatable bonds is 4. The molecule has 1 aromatic carbocycles. The number of thiophene rings is 1. The summed E-state index contributed by atoms with van der Waals surface area (Å²) in [6, 6.07) is 8.53. The smallest absolute Gasteiger partial charge is 0.263 e. The van der Waals surface area contributed by atoms with E-state index in [1.165, 1.54) is 15.9 Å². The molecule has 1 atom stereocenters. The molecule has 0 fully saturated rings. The van der Waals surface area contributed by atoms with E-state index in [1.807, 2.05) is 25.1 Å². The van der Waals surface area contributed by atoms with Crippen molar-refractivity contribution in [3.05, 3.63) is 55.9 Å². The molecule has 0 aliphatic carbocycles.